The summed E-state index contributed by atoms with van der Waals surface area (Å²) < 4.78 is 16.0. The molecule has 4 rings (SSSR count). The number of aryl methyl sites for hydroxylation is 2. The molecular weight excluding hydrogens is 612 g/mol. The maximum Gasteiger partial charge on any atom is 0.495 e. The van der Waals surface area contributed by atoms with Crippen molar-refractivity contribution in [2.45, 2.75) is 45.8 Å². The third-order valence-electron chi connectivity index (χ3n) is 6.38. The number of rotatable bonds is 4. The fourth-order valence-corrected chi connectivity index (χ4v) is 4.82. The average molecular weight is 638 g/mol. The fraction of sp³-hybridized carbons (Fsp3) is 0.348. The highest BCUT2D eigenvalue weighted by atomic mass is 127. The van der Waals surface area contributed by atoms with Gasteiger partial charge in [0.1, 0.15) is 11.5 Å². The normalized spacial score (nSPS) is 17.1. The van der Waals surface area contributed by atoms with Gasteiger partial charge in [0.05, 0.1) is 24.8 Å². The lowest BCUT2D eigenvalue weighted by atomic mass is 9.76. The average Bonchev–Trinajstić information content (AvgIpc) is 3.09. The minimum absolute atomic E-state index is 0.298. The zero-order valence-electron chi connectivity index (χ0n) is 19.9. The number of fused-ring (bicyclic) bond motifs is 1. The Morgan fingerprint density at radius 2 is 1.88 bits per heavy atom. The molecule has 0 radical (unpaired) electrons. The number of nitrogens with one attached hydrogen (secondary N) is 1. The standard InChI is InChI=1S/C23H26BBrIN5O3/c1-12-11-13(7-8-14(12)24-33-22(2,3)23(4,5)34-24)28-16(32)10-9-15-29-20(27)17-18(25)19(26)31(6)21(17)30-15/h7-11H,1-6H3,(H,28,32)(H2,27,29,30)/b10-9+. The summed E-state index contributed by atoms with van der Waals surface area (Å²) >= 11 is 5.74. The van der Waals surface area contributed by atoms with E-state index in [9.17, 15) is 4.79 Å². The number of halogens is 2. The molecule has 1 aliphatic rings. The molecule has 1 aromatic carbocycles. The zero-order chi connectivity index (χ0) is 25.0. The number of nitrogens with two attached hydrogens (primary N) is 1. The van der Waals surface area contributed by atoms with Crippen molar-refractivity contribution >= 4 is 85.6 Å². The maximum atomic E-state index is 12.5. The molecule has 0 spiro atoms. The number of hydrogen-bond donors (Lipinski definition) is 2. The number of carbonyl (C=O) groups is 1. The number of hydrogen-bond acceptors (Lipinski definition) is 6. The van der Waals surface area contributed by atoms with Gasteiger partial charge >= 0.3 is 7.12 Å². The lowest BCUT2D eigenvalue weighted by Gasteiger charge is -2.32. The Balaban J connectivity index is 1.49. The van der Waals surface area contributed by atoms with E-state index in [-0.39, 0.29) is 5.91 Å². The van der Waals surface area contributed by atoms with Gasteiger partial charge in [-0.05, 0) is 102 Å². The van der Waals surface area contributed by atoms with E-state index in [1.807, 2.05) is 64.4 Å². The predicted octanol–water partition coefficient (Wildman–Crippen LogP) is 4.18. The van der Waals surface area contributed by atoms with Gasteiger partial charge in [-0.2, -0.15) is 0 Å². The Kier molecular flexibility index (Phi) is 6.60. The first kappa shape index (κ1) is 25.1. The highest BCUT2D eigenvalue weighted by Crippen LogP contribution is 2.37. The van der Waals surface area contributed by atoms with Crippen molar-refractivity contribution in [3.05, 3.63) is 43.8 Å². The summed E-state index contributed by atoms with van der Waals surface area (Å²) in [5, 5.41) is 3.63. The summed E-state index contributed by atoms with van der Waals surface area (Å²) in [5.74, 6) is 0.411. The first-order valence-corrected chi connectivity index (χ1v) is 12.6. The van der Waals surface area contributed by atoms with Crippen LogP contribution < -0.4 is 16.5 Å². The SMILES string of the molecule is Cc1cc(NC(=O)/C=C/c2nc(N)c3c(Br)c(I)n(C)c3n2)ccc1B1OC(C)(C)C(C)(C)O1. The van der Waals surface area contributed by atoms with Crippen molar-refractivity contribution in [2.24, 2.45) is 7.05 Å². The molecule has 1 fully saturated rings. The molecule has 1 aliphatic heterocycles. The summed E-state index contributed by atoms with van der Waals surface area (Å²) in [4.78, 5) is 21.4. The molecule has 11 heteroatoms. The molecule has 3 aromatic rings. The van der Waals surface area contributed by atoms with Gasteiger partial charge < -0.3 is 24.9 Å². The monoisotopic (exact) mass is 637 g/mol. The van der Waals surface area contributed by atoms with E-state index in [1.165, 1.54) is 6.08 Å². The molecule has 1 saturated heterocycles. The van der Waals surface area contributed by atoms with Crippen molar-refractivity contribution in [1.29, 1.82) is 0 Å². The van der Waals surface area contributed by atoms with Crippen molar-refractivity contribution in [2.75, 3.05) is 11.1 Å². The second-order valence-electron chi connectivity index (χ2n) is 9.31. The van der Waals surface area contributed by atoms with Gasteiger partial charge in [0.15, 0.2) is 5.82 Å². The molecule has 2 aromatic heterocycles. The number of nitrogen functional groups attached to an aromatic ring is 1. The Morgan fingerprint density at radius 3 is 2.50 bits per heavy atom. The van der Waals surface area contributed by atoms with Crippen LogP contribution in [0, 0.1) is 10.6 Å². The quantitative estimate of drug-likeness (QED) is 0.253. The molecule has 34 heavy (non-hydrogen) atoms. The molecule has 3 heterocycles. The number of anilines is 2. The third kappa shape index (κ3) is 4.50. The van der Waals surface area contributed by atoms with Crippen LogP contribution in [0.1, 0.15) is 39.1 Å². The van der Waals surface area contributed by atoms with Crippen LogP contribution >= 0.6 is 38.5 Å². The summed E-state index contributed by atoms with van der Waals surface area (Å²) in [5.41, 5.74) is 8.57. The molecule has 1 amide bonds. The van der Waals surface area contributed by atoms with Crippen molar-refractivity contribution in [1.82, 2.24) is 14.5 Å². The first-order valence-electron chi connectivity index (χ1n) is 10.7. The smallest absolute Gasteiger partial charge is 0.399 e. The van der Waals surface area contributed by atoms with E-state index in [4.69, 9.17) is 15.0 Å². The van der Waals surface area contributed by atoms with Crippen LogP contribution in [-0.4, -0.2) is 38.8 Å². The van der Waals surface area contributed by atoms with Crippen LogP contribution in [0.4, 0.5) is 11.5 Å². The van der Waals surface area contributed by atoms with Crippen LogP contribution in [0.15, 0.2) is 28.7 Å². The third-order valence-corrected chi connectivity index (χ3v) is 9.15. The number of carbonyl (C=O) groups excluding carboxylic acids is 1. The zero-order valence-corrected chi connectivity index (χ0v) is 23.6. The molecule has 0 unspecified atom stereocenters. The van der Waals surface area contributed by atoms with E-state index in [0.717, 1.165) is 24.6 Å². The first-order chi connectivity index (χ1) is 15.8. The lowest BCUT2D eigenvalue weighted by molar-refractivity contribution is -0.111. The molecule has 0 bridgehead atoms. The Labute approximate surface area is 221 Å². The van der Waals surface area contributed by atoms with E-state index < -0.39 is 18.3 Å². The van der Waals surface area contributed by atoms with Gasteiger partial charge in [-0.3, -0.25) is 4.79 Å². The highest BCUT2D eigenvalue weighted by Gasteiger charge is 2.52. The minimum Gasteiger partial charge on any atom is -0.399 e. The Hall–Kier alpha value is -1.96. The van der Waals surface area contributed by atoms with E-state index >= 15 is 0 Å². The van der Waals surface area contributed by atoms with E-state index in [2.05, 4.69) is 53.8 Å². The highest BCUT2D eigenvalue weighted by molar-refractivity contribution is 14.1. The Morgan fingerprint density at radius 1 is 1.24 bits per heavy atom. The van der Waals surface area contributed by atoms with Gasteiger partial charge in [0.2, 0.25) is 5.91 Å². The van der Waals surface area contributed by atoms with Crippen LogP contribution in [-0.2, 0) is 21.2 Å². The van der Waals surface area contributed by atoms with Crippen molar-refractivity contribution in [3.8, 4) is 0 Å². The number of benzene rings is 1. The summed E-state index contributed by atoms with van der Waals surface area (Å²) in [6, 6.07) is 5.66. The number of amides is 1. The summed E-state index contributed by atoms with van der Waals surface area (Å²) in [6.07, 6.45) is 2.94. The number of nitrogens with zero attached hydrogens (tertiary/aromatic N) is 3. The van der Waals surface area contributed by atoms with Gasteiger partial charge in [0.25, 0.3) is 0 Å². The van der Waals surface area contributed by atoms with Gasteiger partial charge in [0, 0.05) is 18.8 Å². The van der Waals surface area contributed by atoms with E-state index in [1.54, 1.807) is 6.08 Å². The second kappa shape index (κ2) is 8.92. The molecule has 0 atom stereocenters. The minimum atomic E-state index is -0.451. The molecular formula is C23H26BBrIN5O3. The maximum absolute atomic E-state index is 12.5. The van der Waals surface area contributed by atoms with Crippen molar-refractivity contribution in [3.63, 3.8) is 0 Å². The molecule has 0 aliphatic carbocycles. The molecule has 178 valence electrons. The predicted molar refractivity (Wildman–Crippen MR) is 148 cm³/mol. The van der Waals surface area contributed by atoms with Crippen LogP contribution in [0.5, 0.6) is 0 Å². The second-order valence-corrected chi connectivity index (χ2v) is 11.1. The molecule has 0 saturated carbocycles. The lowest BCUT2D eigenvalue weighted by Crippen LogP contribution is -2.41. The molecule has 8 nitrogen and oxygen atoms in total. The van der Waals surface area contributed by atoms with Crippen molar-refractivity contribution < 1.29 is 14.1 Å². The van der Waals surface area contributed by atoms with Crippen LogP contribution in [0.2, 0.25) is 0 Å². The molecule has 3 N–H and O–H groups in total. The topological polar surface area (TPSA) is 104 Å². The van der Waals surface area contributed by atoms with Crippen LogP contribution in [0.25, 0.3) is 17.1 Å². The largest absolute Gasteiger partial charge is 0.495 e. The van der Waals surface area contributed by atoms with E-state index in [0.29, 0.717) is 23.0 Å². The van der Waals surface area contributed by atoms with Gasteiger partial charge in [-0.15, -0.1) is 0 Å². The summed E-state index contributed by atoms with van der Waals surface area (Å²) in [7, 11) is 1.45. The Bertz CT molecular complexity index is 1320. The fourth-order valence-electron chi connectivity index (χ4n) is 3.68. The number of aromatic nitrogens is 3. The van der Waals surface area contributed by atoms with Crippen LogP contribution in [0.3, 0.4) is 0 Å². The summed E-state index contributed by atoms with van der Waals surface area (Å²) in [6.45, 7) is 10.1. The van der Waals surface area contributed by atoms with Gasteiger partial charge in [-0.1, -0.05) is 6.07 Å². The van der Waals surface area contributed by atoms with Gasteiger partial charge in [-0.25, -0.2) is 9.97 Å².